The maximum atomic E-state index is 10.6. The summed E-state index contributed by atoms with van der Waals surface area (Å²) in [6.07, 6.45) is 5.25. The van der Waals surface area contributed by atoms with Gasteiger partial charge >= 0.3 is 8.25 Å². The Balaban J connectivity index is 1.62. The summed E-state index contributed by atoms with van der Waals surface area (Å²) in [5, 5.41) is 0. The lowest BCUT2D eigenvalue weighted by Crippen LogP contribution is -2.26. The molecule has 1 N–H and O–H groups in total. The molecule has 2 aliphatic heterocycles. The number of rotatable bonds is 8. The molecule has 0 bridgehead atoms. The Morgan fingerprint density at radius 1 is 1.29 bits per heavy atom. The van der Waals surface area contributed by atoms with Crippen LogP contribution in [0.1, 0.15) is 25.7 Å². The molecule has 2 heterocycles. The SMILES string of the molecule is BC1CCC(CCPO[C@H]2CC(B)OC2CO[PH](=O)O)O1. The first-order chi connectivity index (χ1) is 10.0. The van der Waals surface area contributed by atoms with Gasteiger partial charge in [0.05, 0.1) is 18.8 Å². The van der Waals surface area contributed by atoms with Gasteiger partial charge in [-0.05, 0) is 31.8 Å². The molecule has 0 aromatic carbocycles. The fraction of sp³-hybridized carbons (Fsp3) is 1.00. The van der Waals surface area contributed by atoms with Gasteiger partial charge in [-0.2, -0.15) is 0 Å². The monoisotopic (exact) mass is 336 g/mol. The van der Waals surface area contributed by atoms with Gasteiger partial charge in [0.15, 0.2) is 0 Å². The van der Waals surface area contributed by atoms with E-state index in [2.05, 4.69) is 7.85 Å². The van der Waals surface area contributed by atoms with E-state index in [0.29, 0.717) is 20.9 Å². The summed E-state index contributed by atoms with van der Waals surface area (Å²) < 4.78 is 32.8. The second-order valence-corrected chi connectivity index (χ2v) is 7.63. The Bertz CT molecular complexity index is 351. The predicted molar refractivity (Wildman–Crippen MR) is 88.1 cm³/mol. The van der Waals surface area contributed by atoms with E-state index in [9.17, 15) is 4.57 Å². The molecule has 0 aromatic rings. The van der Waals surface area contributed by atoms with E-state index in [0.717, 1.165) is 31.8 Å². The first kappa shape index (κ1) is 17.9. The molecule has 0 aliphatic carbocycles. The van der Waals surface area contributed by atoms with Crippen LogP contribution in [0.3, 0.4) is 0 Å². The Morgan fingerprint density at radius 3 is 2.76 bits per heavy atom. The second-order valence-electron chi connectivity index (χ2n) is 5.78. The van der Waals surface area contributed by atoms with Crippen molar-refractivity contribution in [1.29, 1.82) is 0 Å². The fourth-order valence-electron chi connectivity index (χ4n) is 2.83. The zero-order valence-electron chi connectivity index (χ0n) is 12.6. The lowest BCUT2D eigenvalue weighted by molar-refractivity contribution is 0.0137. The molecular weight excluding hydrogens is 312 g/mol. The first-order valence-corrected chi connectivity index (χ1v) is 9.97. The number of hydrogen-bond donors (Lipinski definition) is 1. The highest BCUT2D eigenvalue weighted by Gasteiger charge is 2.34. The number of hydrogen-bond acceptors (Lipinski definition) is 5. The topological polar surface area (TPSA) is 74.2 Å². The molecule has 10 heteroatoms. The van der Waals surface area contributed by atoms with Crippen LogP contribution in [0.15, 0.2) is 0 Å². The molecule has 21 heavy (non-hydrogen) atoms. The molecule has 0 amide bonds. The third kappa shape index (κ3) is 6.31. The highest BCUT2D eigenvalue weighted by atomic mass is 31.1. The van der Waals surface area contributed by atoms with E-state index in [-0.39, 0.29) is 24.8 Å². The molecule has 0 aromatic heterocycles. The van der Waals surface area contributed by atoms with Crippen LogP contribution in [0.25, 0.3) is 0 Å². The van der Waals surface area contributed by atoms with Gasteiger partial charge in [0.2, 0.25) is 0 Å². The molecule has 6 unspecified atom stereocenters. The summed E-state index contributed by atoms with van der Waals surface area (Å²) in [6.45, 7) is 0.122. The summed E-state index contributed by atoms with van der Waals surface area (Å²) in [4.78, 5) is 8.74. The van der Waals surface area contributed by atoms with Crippen molar-refractivity contribution >= 4 is 32.8 Å². The van der Waals surface area contributed by atoms with Crippen molar-refractivity contribution in [2.24, 2.45) is 0 Å². The maximum absolute atomic E-state index is 10.6. The van der Waals surface area contributed by atoms with E-state index in [4.69, 9.17) is 23.4 Å². The van der Waals surface area contributed by atoms with Gasteiger partial charge in [-0.1, -0.05) is 0 Å². The fourth-order valence-corrected chi connectivity index (χ4v) is 4.15. The molecule has 0 spiro atoms. The molecule has 2 aliphatic rings. The van der Waals surface area contributed by atoms with Gasteiger partial charge in [0.1, 0.15) is 21.8 Å². The number of ether oxygens (including phenoxy) is 2. The van der Waals surface area contributed by atoms with Crippen molar-refractivity contribution in [3.8, 4) is 0 Å². The van der Waals surface area contributed by atoms with Crippen LogP contribution in [0.2, 0.25) is 0 Å². The minimum Gasteiger partial charge on any atom is -0.384 e. The molecule has 0 saturated carbocycles. The Morgan fingerprint density at radius 2 is 2.10 bits per heavy atom. The third-order valence-corrected chi connectivity index (χ3v) is 5.26. The first-order valence-electron chi connectivity index (χ1n) is 7.59. The molecule has 7 atom stereocenters. The molecular formula is C11H24B2O6P2. The van der Waals surface area contributed by atoms with Gasteiger partial charge in [0.25, 0.3) is 0 Å². The van der Waals surface area contributed by atoms with E-state index in [1.807, 2.05) is 7.85 Å². The van der Waals surface area contributed by atoms with Crippen molar-refractivity contribution in [2.45, 2.75) is 56.0 Å². The summed E-state index contributed by atoms with van der Waals surface area (Å²) in [5.41, 5.74) is 0. The largest absolute Gasteiger partial charge is 0.384 e. The van der Waals surface area contributed by atoms with Crippen LogP contribution in [0, 0.1) is 0 Å². The van der Waals surface area contributed by atoms with E-state index < -0.39 is 8.25 Å². The van der Waals surface area contributed by atoms with E-state index >= 15 is 0 Å². The summed E-state index contributed by atoms with van der Waals surface area (Å²) in [7, 11) is 1.61. The quantitative estimate of drug-likeness (QED) is 0.371. The van der Waals surface area contributed by atoms with Crippen LogP contribution in [-0.4, -0.2) is 63.7 Å². The van der Waals surface area contributed by atoms with Crippen molar-refractivity contribution in [3.05, 3.63) is 0 Å². The van der Waals surface area contributed by atoms with Gasteiger partial charge < -0.3 is 23.4 Å². The standard InChI is InChI=1S/C11H24B2O6P2/c12-10-2-1-7(17-10)3-4-20-19-8-5-11(13)18-9(8)6-16-21(14)15/h7-11,20-21H,1-6,12-13H2,(H,14,15)/t7?,8-,9?,10?,11?/m0/s1. The van der Waals surface area contributed by atoms with Gasteiger partial charge in [0, 0.05) is 20.8 Å². The van der Waals surface area contributed by atoms with Gasteiger partial charge in [-0.3, -0.25) is 4.57 Å². The highest BCUT2D eigenvalue weighted by molar-refractivity contribution is 7.32. The minimum atomic E-state index is -2.90. The molecule has 120 valence electrons. The van der Waals surface area contributed by atoms with Crippen LogP contribution in [0.5, 0.6) is 0 Å². The normalized spacial score (nSPS) is 38.4. The zero-order valence-corrected chi connectivity index (χ0v) is 14.6. The molecule has 2 fully saturated rings. The van der Waals surface area contributed by atoms with Crippen molar-refractivity contribution < 1.29 is 28.0 Å². The average molecular weight is 336 g/mol. The van der Waals surface area contributed by atoms with Crippen LogP contribution in [-0.2, 0) is 23.1 Å². The average Bonchev–Trinajstić information content (AvgIpc) is 2.98. The lowest BCUT2D eigenvalue weighted by Gasteiger charge is -2.19. The van der Waals surface area contributed by atoms with Gasteiger partial charge in [-0.25, -0.2) is 0 Å². The predicted octanol–water partition coefficient (Wildman–Crippen LogP) is -0.360. The van der Waals surface area contributed by atoms with E-state index in [1.165, 1.54) is 0 Å². The summed E-state index contributed by atoms with van der Waals surface area (Å²) in [6, 6.07) is 0.500. The highest BCUT2D eigenvalue weighted by Crippen LogP contribution is 2.31. The van der Waals surface area contributed by atoms with Crippen LogP contribution >= 0.6 is 17.1 Å². The second kappa shape index (κ2) is 9.02. The Kier molecular flexibility index (Phi) is 7.71. The third-order valence-electron chi connectivity index (χ3n) is 3.88. The zero-order chi connectivity index (χ0) is 15.2. The smallest absolute Gasteiger partial charge is 0.316 e. The van der Waals surface area contributed by atoms with Crippen molar-refractivity contribution in [1.82, 2.24) is 0 Å². The van der Waals surface area contributed by atoms with Crippen molar-refractivity contribution in [2.75, 3.05) is 12.8 Å². The van der Waals surface area contributed by atoms with Crippen LogP contribution in [0.4, 0.5) is 0 Å². The lowest BCUT2D eigenvalue weighted by atomic mass is 9.96. The van der Waals surface area contributed by atoms with Crippen LogP contribution < -0.4 is 0 Å². The molecule has 6 nitrogen and oxygen atoms in total. The Hall–Kier alpha value is 0.590. The molecule has 0 radical (unpaired) electrons. The van der Waals surface area contributed by atoms with Gasteiger partial charge in [-0.15, -0.1) is 0 Å². The minimum absolute atomic E-state index is 0.0388. The Labute approximate surface area is 130 Å². The molecule has 2 rings (SSSR count). The summed E-state index contributed by atoms with van der Waals surface area (Å²) in [5.74, 6) is 0. The molecule has 2 saturated heterocycles. The van der Waals surface area contributed by atoms with E-state index in [1.54, 1.807) is 0 Å². The maximum Gasteiger partial charge on any atom is 0.316 e. The van der Waals surface area contributed by atoms with Crippen molar-refractivity contribution in [3.63, 3.8) is 0 Å². The summed E-state index contributed by atoms with van der Waals surface area (Å²) >= 11 is 0.